The van der Waals surface area contributed by atoms with Gasteiger partial charge >= 0.3 is 0 Å². The molecule has 0 fully saturated rings. The zero-order chi connectivity index (χ0) is 30.1. The quantitative estimate of drug-likeness (QED) is 0.221. The first-order valence-electron chi connectivity index (χ1n) is 15.5. The van der Waals surface area contributed by atoms with Gasteiger partial charge in [0.2, 0.25) is 0 Å². The number of nitrogens with zero attached hydrogens (tertiary/aromatic N) is 2. The van der Waals surface area contributed by atoms with Crippen molar-refractivity contribution in [1.82, 2.24) is 9.13 Å². The van der Waals surface area contributed by atoms with E-state index in [1.165, 1.54) is 71.2 Å². The number of aryl methyl sites for hydroxylation is 2. The predicted octanol–water partition coefficient (Wildman–Crippen LogP) is 11.4. The highest BCUT2D eigenvalue weighted by molar-refractivity contribution is 6.25. The normalized spacial score (nSPS) is 11.8. The van der Waals surface area contributed by atoms with Gasteiger partial charge in [0.05, 0.1) is 22.1 Å². The fourth-order valence-electron chi connectivity index (χ4n) is 7.19. The topological polar surface area (TPSA) is 21.9 Å². The van der Waals surface area contributed by atoms with E-state index in [4.69, 9.17) is 0 Å². The second-order valence-electron chi connectivity index (χ2n) is 12.1. The van der Waals surface area contributed by atoms with Gasteiger partial charge in [-0.3, -0.25) is 0 Å². The minimum atomic E-state index is 1.07. The Kier molecular flexibility index (Phi) is 5.63. The molecule has 0 aliphatic rings. The number of aromatic nitrogens is 2. The molecular formula is C42H31N3. The van der Waals surface area contributed by atoms with Gasteiger partial charge in [0.25, 0.3) is 0 Å². The van der Waals surface area contributed by atoms with Gasteiger partial charge in [0.15, 0.2) is 0 Å². The molecule has 214 valence electrons. The first-order valence-corrected chi connectivity index (χ1v) is 15.5. The van der Waals surface area contributed by atoms with Gasteiger partial charge in [-0.1, -0.05) is 90.5 Å². The Morgan fingerprint density at radius 1 is 0.444 bits per heavy atom. The third-order valence-corrected chi connectivity index (χ3v) is 9.23. The van der Waals surface area contributed by atoms with Crippen LogP contribution in [0, 0.1) is 13.8 Å². The Hall–Kier alpha value is -5.80. The highest BCUT2D eigenvalue weighted by Gasteiger charge is 2.20. The summed E-state index contributed by atoms with van der Waals surface area (Å²) in [6.45, 7) is 4.30. The molecule has 9 aromatic rings. The number of hydrogen-bond donors (Lipinski definition) is 1. The average molecular weight is 578 g/mol. The van der Waals surface area contributed by atoms with Crippen molar-refractivity contribution >= 4 is 65.8 Å². The lowest BCUT2D eigenvalue weighted by Crippen LogP contribution is -1.96. The number of nitrogens with one attached hydrogen (secondary N) is 1. The molecular weight excluding hydrogens is 546 g/mol. The molecule has 3 heteroatoms. The SMILES string of the molecule is Cc1ccc(Nc2ccc3c4cc5c(cc4n(-c4ccccc4)c3c2)c2c3ccccc3ccc2n5-c2ccccc2)c(C)c1. The van der Waals surface area contributed by atoms with Crippen LogP contribution in [-0.4, -0.2) is 9.13 Å². The van der Waals surface area contributed by atoms with E-state index < -0.39 is 0 Å². The molecule has 1 N–H and O–H groups in total. The summed E-state index contributed by atoms with van der Waals surface area (Å²) in [5.41, 5.74) is 11.8. The van der Waals surface area contributed by atoms with E-state index in [0.29, 0.717) is 0 Å². The Morgan fingerprint density at radius 3 is 1.84 bits per heavy atom. The maximum Gasteiger partial charge on any atom is 0.0561 e. The Labute approximate surface area is 261 Å². The molecule has 0 amide bonds. The first-order chi connectivity index (χ1) is 22.1. The number of fused-ring (bicyclic) bond motifs is 8. The Bertz CT molecular complexity index is 2570. The molecule has 9 rings (SSSR count). The highest BCUT2D eigenvalue weighted by Crippen LogP contribution is 2.42. The van der Waals surface area contributed by atoms with Gasteiger partial charge in [0, 0.05) is 44.3 Å². The molecule has 0 saturated carbocycles. The van der Waals surface area contributed by atoms with Crippen LogP contribution in [0.5, 0.6) is 0 Å². The maximum absolute atomic E-state index is 3.70. The molecule has 45 heavy (non-hydrogen) atoms. The van der Waals surface area contributed by atoms with Crippen LogP contribution in [-0.2, 0) is 0 Å². The zero-order valence-electron chi connectivity index (χ0n) is 25.3. The van der Waals surface area contributed by atoms with Crippen molar-refractivity contribution in [1.29, 1.82) is 0 Å². The fraction of sp³-hybridized carbons (Fsp3) is 0.0476. The van der Waals surface area contributed by atoms with Gasteiger partial charge in [-0.15, -0.1) is 0 Å². The van der Waals surface area contributed by atoms with Crippen LogP contribution in [0.2, 0.25) is 0 Å². The van der Waals surface area contributed by atoms with Gasteiger partial charge < -0.3 is 14.5 Å². The van der Waals surface area contributed by atoms with Gasteiger partial charge in [-0.05, 0) is 90.8 Å². The van der Waals surface area contributed by atoms with E-state index in [1.807, 2.05) is 0 Å². The maximum atomic E-state index is 3.70. The molecule has 0 aliphatic heterocycles. The third kappa shape index (κ3) is 3.98. The van der Waals surface area contributed by atoms with Crippen LogP contribution < -0.4 is 5.32 Å². The second kappa shape index (κ2) is 9.87. The van der Waals surface area contributed by atoms with Gasteiger partial charge in [0.1, 0.15) is 0 Å². The van der Waals surface area contributed by atoms with E-state index in [2.05, 4.69) is 174 Å². The molecule has 0 unspecified atom stereocenters. The summed E-state index contributed by atoms with van der Waals surface area (Å²) in [4.78, 5) is 0. The molecule has 7 aromatic carbocycles. The van der Waals surface area contributed by atoms with Crippen molar-refractivity contribution in [3.63, 3.8) is 0 Å². The van der Waals surface area contributed by atoms with Crippen molar-refractivity contribution < 1.29 is 0 Å². The van der Waals surface area contributed by atoms with E-state index in [1.54, 1.807) is 0 Å². The van der Waals surface area contributed by atoms with Crippen LogP contribution in [0.1, 0.15) is 11.1 Å². The molecule has 0 bridgehead atoms. The molecule has 0 spiro atoms. The Morgan fingerprint density at radius 2 is 1.09 bits per heavy atom. The van der Waals surface area contributed by atoms with Crippen LogP contribution in [0.4, 0.5) is 11.4 Å². The van der Waals surface area contributed by atoms with Gasteiger partial charge in [-0.2, -0.15) is 0 Å². The van der Waals surface area contributed by atoms with Crippen LogP contribution in [0.3, 0.4) is 0 Å². The number of benzene rings is 7. The van der Waals surface area contributed by atoms with Crippen molar-refractivity contribution in [2.75, 3.05) is 5.32 Å². The van der Waals surface area contributed by atoms with Gasteiger partial charge in [-0.25, -0.2) is 0 Å². The summed E-state index contributed by atoms with van der Waals surface area (Å²) in [6.07, 6.45) is 0. The van der Waals surface area contributed by atoms with E-state index in [9.17, 15) is 0 Å². The van der Waals surface area contributed by atoms with Crippen molar-refractivity contribution in [2.45, 2.75) is 13.8 Å². The number of anilines is 2. The fourth-order valence-corrected chi connectivity index (χ4v) is 7.19. The van der Waals surface area contributed by atoms with E-state index in [0.717, 1.165) is 17.1 Å². The summed E-state index contributed by atoms with van der Waals surface area (Å²) < 4.78 is 4.85. The zero-order valence-corrected chi connectivity index (χ0v) is 25.3. The summed E-state index contributed by atoms with van der Waals surface area (Å²) in [5.74, 6) is 0. The number of rotatable bonds is 4. The standard InChI is InChI=1S/C42H31N3/c1-27-17-21-37(28(2)23-27)43-30-19-20-34-35-25-41-36(26-40(35)45(39(34)24-30)32-14-7-4-8-15-32)42-33-16-10-9-11-29(33)18-22-38(42)44(41)31-12-5-3-6-13-31/h3-26,43H,1-2H3. The molecule has 2 aromatic heterocycles. The van der Waals surface area contributed by atoms with Crippen molar-refractivity contribution in [2.24, 2.45) is 0 Å². The monoisotopic (exact) mass is 577 g/mol. The van der Waals surface area contributed by atoms with Crippen LogP contribution in [0.25, 0.3) is 65.8 Å². The van der Waals surface area contributed by atoms with Crippen molar-refractivity contribution in [3.8, 4) is 11.4 Å². The molecule has 0 radical (unpaired) electrons. The largest absolute Gasteiger partial charge is 0.355 e. The van der Waals surface area contributed by atoms with E-state index >= 15 is 0 Å². The minimum Gasteiger partial charge on any atom is -0.355 e. The average Bonchev–Trinajstić information content (AvgIpc) is 3.57. The predicted molar refractivity (Wildman–Crippen MR) is 192 cm³/mol. The van der Waals surface area contributed by atoms with Crippen LogP contribution >= 0.6 is 0 Å². The summed E-state index contributed by atoms with van der Waals surface area (Å²) in [6, 6.07) is 52.9. The lowest BCUT2D eigenvalue weighted by molar-refractivity contribution is 1.17. The molecule has 0 atom stereocenters. The Balaban J connectivity index is 1.40. The van der Waals surface area contributed by atoms with Crippen molar-refractivity contribution in [3.05, 3.63) is 157 Å². The molecule has 0 aliphatic carbocycles. The summed E-state index contributed by atoms with van der Waals surface area (Å²) >= 11 is 0. The third-order valence-electron chi connectivity index (χ3n) is 9.23. The highest BCUT2D eigenvalue weighted by atomic mass is 15.0. The second-order valence-corrected chi connectivity index (χ2v) is 12.1. The smallest absolute Gasteiger partial charge is 0.0561 e. The lowest BCUT2D eigenvalue weighted by Gasteiger charge is -2.12. The summed E-state index contributed by atoms with van der Waals surface area (Å²) in [5, 5.41) is 11.2. The number of para-hydroxylation sites is 2. The van der Waals surface area contributed by atoms with E-state index in [-0.39, 0.29) is 0 Å². The molecule has 3 nitrogen and oxygen atoms in total. The lowest BCUT2D eigenvalue weighted by atomic mass is 10.0. The van der Waals surface area contributed by atoms with Crippen LogP contribution in [0.15, 0.2) is 146 Å². The summed E-state index contributed by atoms with van der Waals surface area (Å²) in [7, 11) is 0. The molecule has 2 heterocycles. The minimum absolute atomic E-state index is 1.07. The number of hydrogen-bond acceptors (Lipinski definition) is 1. The molecule has 0 saturated heterocycles. The first kappa shape index (κ1) is 25.7.